The predicted molar refractivity (Wildman–Crippen MR) is 201 cm³/mol. The Hall–Kier alpha value is -1.56. The van der Waals surface area contributed by atoms with Crippen molar-refractivity contribution >= 4 is 22.8 Å². The Balaban J connectivity index is 2.63. The van der Waals surface area contributed by atoms with Gasteiger partial charge in [0.15, 0.2) is 0 Å². The van der Waals surface area contributed by atoms with Crippen molar-refractivity contribution in [1.82, 2.24) is 0 Å². The van der Waals surface area contributed by atoms with Gasteiger partial charge in [0.25, 0.3) is 0 Å². The standard InChI is InChI=1S/C43H70N2.Pd/c1-7-13-19-20-21-23-29-43(45-41-33-31-37(25-16-10-4)39(35-41)27-18-12-6)42(28-22-14-8-2)44-40-32-30-36(24-15-9-3)38(34-40)26-17-11-5;/h30-35H,7-29H2,1-6H3;/q;+1. The van der Waals surface area contributed by atoms with Crippen LogP contribution in [0.4, 0.5) is 11.4 Å². The molecule has 0 bridgehead atoms. The fourth-order valence-corrected chi connectivity index (χ4v) is 6.95. The summed E-state index contributed by atoms with van der Waals surface area (Å²) in [6, 6.07) is 14.4. The topological polar surface area (TPSA) is 15.4 Å². The van der Waals surface area contributed by atoms with Crippen LogP contribution in [0.1, 0.15) is 186 Å². The van der Waals surface area contributed by atoms with Crippen LogP contribution in [0.25, 0.3) is 0 Å². The second-order valence-electron chi connectivity index (χ2n) is 13.6. The molecule has 0 fully saturated rings. The number of hydrogen-bond donors (Lipinski definition) is 0. The van der Waals surface area contributed by atoms with Crippen molar-refractivity contribution in [3.8, 4) is 0 Å². The summed E-state index contributed by atoms with van der Waals surface area (Å²) in [5.74, 6) is 0. The SMILES string of the molecule is CCCCCCCCC(=Nc1ccc(CCCC)c(CCCC)c1)C(CCCCC)=[N+]([Pd])c1ccc(CCCC)c(CCCC)c1. The molecule has 0 aliphatic heterocycles. The maximum atomic E-state index is 5.55. The first-order valence-corrected chi connectivity index (χ1v) is 20.3. The molecule has 2 nitrogen and oxygen atoms in total. The van der Waals surface area contributed by atoms with E-state index in [2.05, 4.69) is 101 Å². The van der Waals surface area contributed by atoms with Gasteiger partial charge in [0.05, 0.1) is 0 Å². The molecule has 0 unspecified atom stereocenters. The number of rotatable bonds is 26. The van der Waals surface area contributed by atoms with Crippen LogP contribution >= 0.6 is 0 Å². The average Bonchev–Trinajstić information content (AvgIpc) is 3.07. The summed E-state index contributed by atoms with van der Waals surface area (Å²) in [5, 5.41) is 0. The number of aliphatic imine (C=N–C) groups is 1. The van der Waals surface area contributed by atoms with E-state index in [9.17, 15) is 0 Å². The fraction of sp³-hybridized carbons (Fsp3) is 0.674. The molecule has 0 N–H and O–H groups in total. The van der Waals surface area contributed by atoms with Crippen molar-refractivity contribution < 1.29 is 22.7 Å². The zero-order valence-corrected chi connectivity index (χ0v) is 32.5. The number of hydrogen-bond acceptors (Lipinski definition) is 1. The van der Waals surface area contributed by atoms with Crippen LogP contribution in [0, 0.1) is 0 Å². The molecule has 2 aromatic carbocycles. The molecule has 0 heterocycles. The third kappa shape index (κ3) is 15.1. The Morgan fingerprint density at radius 3 is 1.54 bits per heavy atom. The first-order chi connectivity index (χ1) is 22.5. The summed E-state index contributed by atoms with van der Waals surface area (Å²) in [6.07, 6.45) is 28.3. The number of aryl methyl sites for hydroxylation is 4. The van der Waals surface area contributed by atoms with Gasteiger partial charge >= 0.3 is 298 Å². The van der Waals surface area contributed by atoms with Crippen LogP contribution in [-0.2, 0) is 45.1 Å². The van der Waals surface area contributed by atoms with E-state index in [0.29, 0.717) is 0 Å². The molecule has 0 spiro atoms. The minimum absolute atomic E-state index is 1.04. The molecule has 3 heteroatoms. The molecule has 2 rings (SSSR count). The number of unbranched alkanes of at least 4 members (excludes halogenated alkanes) is 11. The zero-order chi connectivity index (χ0) is 33.4. The molecular weight excluding hydrogens is 651 g/mol. The van der Waals surface area contributed by atoms with Crippen LogP contribution < -0.4 is 0 Å². The van der Waals surface area contributed by atoms with Crippen molar-refractivity contribution in [3.63, 3.8) is 0 Å². The molecule has 0 aromatic heterocycles. The molecule has 0 aliphatic carbocycles. The monoisotopic (exact) mass is 720 g/mol. The van der Waals surface area contributed by atoms with Gasteiger partial charge in [0.1, 0.15) is 0 Å². The van der Waals surface area contributed by atoms with Crippen LogP contribution in [0.3, 0.4) is 0 Å². The van der Waals surface area contributed by atoms with Crippen LogP contribution in [0.15, 0.2) is 41.4 Å². The van der Waals surface area contributed by atoms with Gasteiger partial charge in [0.2, 0.25) is 0 Å². The zero-order valence-electron chi connectivity index (χ0n) is 30.9. The van der Waals surface area contributed by atoms with Gasteiger partial charge in [-0.2, -0.15) is 0 Å². The molecular formula is C43H70N2Pd+. The van der Waals surface area contributed by atoms with Gasteiger partial charge in [-0.1, -0.05) is 0 Å². The first-order valence-electron chi connectivity index (χ1n) is 19.6. The second-order valence-corrected chi connectivity index (χ2v) is 14.2. The van der Waals surface area contributed by atoms with Crippen LogP contribution in [-0.4, -0.2) is 14.6 Å². The molecule has 0 radical (unpaired) electrons. The average molecular weight is 721 g/mol. The normalized spacial score (nSPS) is 12.6. The van der Waals surface area contributed by atoms with Gasteiger partial charge in [0, 0.05) is 0 Å². The summed E-state index contributed by atoms with van der Waals surface area (Å²) in [7, 11) is 0. The van der Waals surface area contributed by atoms with Crippen molar-refractivity contribution in [2.75, 3.05) is 0 Å². The van der Waals surface area contributed by atoms with Crippen LogP contribution in [0.2, 0.25) is 0 Å². The molecule has 0 saturated heterocycles. The van der Waals surface area contributed by atoms with E-state index < -0.39 is 0 Å². The molecule has 0 saturated carbocycles. The molecule has 261 valence electrons. The first kappa shape index (κ1) is 40.6. The molecule has 0 aliphatic rings. The Kier molecular flexibility index (Phi) is 22.5. The van der Waals surface area contributed by atoms with Crippen molar-refractivity contribution in [2.45, 2.75) is 189 Å². The van der Waals surface area contributed by atoms with Gasteiger partial charge in [-0.15, -0.1) is 0 Å². The second kappa shape index (κ2) is 25.5. The minimum atomic E-state index is 1.04. The van der Waals surface area contributed by atoms with E-state index in [1.165, 1.54) is 162 Å². The van der Waals surface area contributed by atoms with Gasteiger partial charge < -0.3 is 0 Å². The van der Waals surface area contributed by atoms with Gasteiger partial charge in [-0.25, -0.2) is 0 Å². The number of nitrogens with zero attached hydrogens (tertiary/aromatic N) is 2. The van der Waals surface area contributed by atoms with E-state index in [1.807, 2.05) is 0 Å². The van der Waals surface area contributed by atoms with Gasteiger partial charge in [-0.05, 0) is 0 Å². The predicted octanol–water partition coefficient (Wildman–Crippen LogP) is 13.7. The van der Waals surface area contributed by atoms with Crippen molar-refractivity contribution in [1.29, 1.82) is 0 Å². The van der Waals surface area contributed by atoms with Crippen molar-refractivity contribution in [3.05, 3.63) is 58.7 Å². The summed E-state index contributed by atoms with van der Waals surface area (Å²) in [5.41, 5.74) is 11.2. The molecule has 0 amide bonds. The Labute approximate surface area is 297 Å². The van der Waals surface area contributed by atoms with E-state index in [0.717, 1.165) is 24.9 Å². The quantitative estimate of drug-likeness (QED) is 0.0522. The summed E-state index contributed by atoms with van der Waals surface area (Å²) >= 11 is 3.78. The summed E-state index contributed by atoms with van der Waals surface area (Å²) in [6.45, 7) is 13.8. The molecule has 0 atom stereocenters. The summed E-state index contributed by atoms with van der Waals surface area (Å²) in [4.78, 5) is 5.55. The van der Waals surface area contributed by atoms with E-state index in [-0.39, 0.29) is 0 Å². The number of benzene rings is 2. The van der Waals surface area contributed by atoms with Gasteiger partial charge in [-0.3, -0.25) is 0 Å². The van der Waals surface area contributed by atoms with E-state index >= 15 is 0 Å². The third-order valence-corrected chi connectivity index (χ3v) is 10.2. The van der Waals surface area contributed by atoms with Crippen LogP contribution in [0.5, 0.6) is 0 Å². The summed E-state index contributed by atoms with van der Waals surface area (Å²) < 4.78 is 2.38. The Bertz CT molecular complexity index is 1160. The Morgan fingerprint density at radius 2 is 0.957 bits per heavy atom. The van der Waals surface area contributed by atoms with E-state index in [4.69, 9.17) is 4.99 Å². The Morgan fingerprint density at radius 1 is 0.500 bits per heavy atom. The third-order valence-electron chi connectivity index (χ3n) is 9.39. The molecule has 46 heavy (non-hydrogen) atoms. The fourth-order valence-electron chi connectivity index (χ4n) is 6.36. The molecule has 2 aromatic rings. The van der Waals surface area contributed by atoms with E-state index in [1.54, 1.807) is 5.56 Å². The van der Waals surface area contributed by atoms with Crippen molar-refractivity contribution in [2.24, 2.45) is 4.99 Å². The maximum absolute atomic E-state index is 5.55.